The van der Waals surface area contributed by atoms with E-state index in [0.29, 0.717) is 12.5 Å². The van der Waals surface area contributed by atoms with Crippen LogP contribution in [0.3, 0.4) is 0 Å². The highest BCUT2D eigenvalue weighted by Gasteiger charge is 2.23. The van der Waals surface area contributed by atoms with Gasteiger partial charge < -0.3 is 15.7 Å². The van der Waals surface area contributed by atoms with Crippen molar-refractivity contribution in [3.63, 3.8) is 0 Å². The maximum atomic E-state index is 8.73. The van der Waals surface area contributed by atoms with E-state index < -0.39 is 0 Å². The van der Waals surface area contributed by atoms with Crippen molar-refractivity contribution in [2.24, 2.45) is 16.3 Å². The molecule has 0 aliphatic heterocycles. The second kappa shape index (κ2) is 7.17. The largest absolute Gasteiger partial charge is 0.493 e. The van der Waals surface area contributed by atoms with Crippen LogP contribution in [0.25, 0.3) is 0 Å². The molecule has 0 amide bonds. The maximum Gasteiger partial charge on any atom is 0.144 e. The second-order valence-electron chi connectivity index (χ2n) is 6.01. The van der Waals surface area contributed by atoms with Gasteiger partial charge in [-0.15, -0.1) is 0 Å². The first kappa shape index (κ1) is 16.3. The zero-order chi connectivity index (χ0) is 15.2. The average molecular weight is 278 g/mol. The van der Waals surface area contributed by atoms with E-state index in [0.717, 1.165) is 18.6 Å². The van der Waals surface area contributed by atoms with Gasteiger partial charge in [0.2, 0.25) is 0 Å². The highest BCUT2D eigenvalue weighted by molar-refractivity contribution is 5.85. The summed E-state index contributed by atoms with van der Waals surface area (Å²) >= 11 is 0. The van der Waals surface area contributed by atoms with Crippen LogP contribution in [0.5, 0.6) is 5.75 Å². The van der Waals surface area contributed by atoms with E-state index in [2.05, 4.69) is 25.1 Å². The fourth-order valence-electron chi connectivity index (χ4n) is 2.05. The zero-order valence-corrected chi connectivity index (χ0v) is 12.9. The Morgan fingerprint density at radius 1 is 1.35 bits per heavy atom. The molecular formula is C16H26N2O2. The number of benzene rings is 1. The Morgan fingerprint density at radius 2 is 2.00 bits per heavy atom. The fraction of sp³-hybridized carbons (Fsp3) is 0.562. The molecule has 0 heterocycles. The Bertz CT molecular complexity index is 454. The summed E-state index contributed by atoms with van der Waals surface area (Å²) in [7, 11) is 0. The second-order valence-corrected chi connectivity index (χ2v) is 6.01. The third kappa shape index (κ3) is 4.44. The van der Waals surface area contributed by atoms with Gasteiger partial charge in [0, 0.05) is 5.41 Å². The van der Waals surface area contributed by atoms with Crippen LogP contribution >= 0.6 is 0 Å². The van der Waals surface area contributed by atoms with Gasteiger partial charge in [0.1, 0.15) is 11.6 Å². The Labute approximate surface area is 121 Å². The van der Waals surface area contributed by atoms with Gasteiger partial charge in [-0.05, 0) is 30.4 Å². The van der Waals surface area contributed by atoms with Crippen LogP contribution in [-0.4, -0.2) is 17.6 Å². The van der Waals surface area contributed by atoms with Crippen molar-refractivity contribution >= 4 is 5.84 Å². The van der Waals surface area contributed by atoms with Gasteiger partial charge in [-0.2, -0.15) is 0 Å². The molecule has 0 aliphatic carbocycles. The summed E-state index contributed by atoms with van der Waals surface area (Å²) in [5.74, 6) is 1.66. The minimum Gasteiger partial charge on any atom is -0.493 e. The van der Waals surface area contributed by atoms with Crippen LogP contribution < -0.4 is 10.5 Å². The topological polar surface area (TPSA) is 67.8 Å². The first-order valence-corrected chi connectivity index (χ1v) is 7.08. The first-order valence-electron chi connectivity index (χ1n) is 7.08. The number of hydrogen-bond donors (Lipinski definition) is 2. The number of nitrogens with zero attached hydrogens (tertiary/aromatic N) is 1. The molecule has 0 bridgehead atoms. The molecule has 4 nitrogen and oxygen atoms in total. The lowest BCUT2D eigenvalue weighted by atomic mass is 9.87. The van der Waals surface area contributed by atoms with Gasteiger partial charge in [-0.3, -0.25) is 0 Å². The van der Waals surface area contributed by atoms with Crippen molar-refractivity contribution in [1.82, 2.24) is 0 Å². The molecule has 4 heteroatoms. The monoisotopic (exact) mass is 278 g/mol. The molecule has 0 radical (unpaired) electrons. The molecule has 0 saturated heterocycles. The summed E-state index contributed by atoms with van der Waals surface area (Å²) in [4.78, 5) is 0. The molecule has 0 spiro atoms. The van der Waals surface area contributed by atoms with E-state index in [9.17, 15) is 0 Å². The molecule has 3 N–H and O–H groups in total. The molecule has 112 valence electrons. The lowest BCUT2D eigenvalue weighted by molar-refractivity contribution is 0.275. The standard InChI is InChI=1S/C16H26N2O2/c1-12(2)13-8-5-6-9-14(13)20-11-7-10-16(3,4)15(17)18-19/h5-6,8-9,12,19H,7,10-11H2,1-4H3,(H2,17,18). The van der Waals surface area contributed by atoms with E-state index in [1.165, 1.54) is 5.56 Å². The molecule has 0 fully saturated rings. The highest BCUT2D eigenvalue weighted by Crippen LogP contribution is 2.27. The number of amidine groups is 1. The van der Waals surface area contributed by atoms with Crippen LogP contribution in [0.2, 0.25) is 0 Å². The van der Waals surface area contributed by atoms with Gasteiger partial charge in [-0.1, -0.05) is 51.0 Å². The molecule has 0 atom stereocenters. The first-order chi connectivity index (χ1) is 9.38. The van der Waals surface area contributed by atoms with Crippen LogP contribution in [-0.2, 0) is 0 Å². The predicted molar refractivity (Wildman–Crippen MR) is 82.4 cm³/mol. The number of oxime groups is 1. The van der Waals surface area contributed by atoms with Crippen molar-refractivity contribution in [3.8, 4) is 5.75 Å². The van der Waals surface area contributed by atoms with Crippen molar-refractivity contribution in [2.45, 2.75) is 46.5 Å². The van der Waals surface area contributed by atoms with Gasteiger partial charge in [0.05, 0.1) is 6.61 Å². The van der Waals surface area contributed by atoms with Gasteiger partial charge in [0.25, 0.3) is 0 Å². The van der Waals surface area contributed by atoms with Crippen molar-refractivity contribution in [2.75, 3.05) is 6.61 Å². The number of hydrogen-bond acceptors (Lipinski definition) is 3. The molecule has 1 aromatic rings. The Hall–Kier alpha value is -1.71. The Kier molecular flexibility index (Phi) is 5.86. The van der Waals surface area contributed by atoms with Crippen molar-refractivity contribution in [1.29, 1.82) is 0 Å². The Balaban J connectivity index is 2.50. The third-order valence-corrected chi connectivity index (χ3v) is 3.55. The summed E-state index contributed by atoms with van der Waals surface area (Å²) in [6.45, 7) is 8.87. The number of rotatable bonds is 7. The van der Waals surface area contributed by atoms with E-state index >= 15 is 0 Å². The minimum absolute atomic E-state index is 0.264. The summed E-state index contributed by atoms with van der Waals surface area (Å²) < 4.78 is 5.86. The lowest BCUT2D eigenvalue weighted by Gasteiger charge is -2.22. The van der Waals surface area contributed by atoms with Crippen molar-refractivity contribution < 1.29 is 9.94 Å². The van der Waals surface area contributed by atoms with Crippen molar-refractivity contribution in [3.05, 3.63) is 29.8 Å². The van der Waals surface area contributed by atoms with Crippen LogP contribution in [0.1, 0.15) is 52.0 Å². The zero-order valence-electron chi connectivity index (χ0n) is 12.9. The van der Waals surface area contributed by atoms with Crippen LogP contribution in [0.4, 0.5) is 0 Å². The number of nitrogens with two attached hydrogens (primary N) is 1. The van der Waals surface area contributed by atoms with Crippen LogP contribution in [0.15, 0.2) is 29.4 Å². The van der Waals surface area contributed by atoms with E-state index in [1.807, 2.05) is 32.0 Å². The lowest BCUT2D eigenvalue weighted by Crippen LogP contribution is -2.32. The third-order valence-electron chi connectivity index (χ3n) is 3.55. The quantitative estimate of drug-likeness (QED) is 0.262. The van der Waals surface area contributed by atoms with E-state index in [1.54, 1.807) is 0 Å². The minimum atomic E-state index is -0.310. The summed E-state index contributed by atoms with van der Waals surface area (Å²) in [5, 5.41) is 11.8. The van der Waals surface area contributed by atoms with Gasteiger partial charge in [0.15, 0.2) is 0 Å². The molecule has 1 rings (SSSR count). The van der Waals surface area contributed by atoms with Gasteiger partial charge >= 0.3 is 0 Å². The van der Waals surface area contributed by atoms with E-state index in [4.69, 9.17) is 15.7 Å². The molecule has 0 aromatic heterocycles. The summed E-state index contributed by atoms with van der Waals surface area (Å²) in [5.41, 5.74) is 6.58. The normalized spacial score (nSPS) is 12.8. The predicted octanol–water partition coefficient (Wildman–Crippen LogP) is 3.74. The van der Waals surface area contributed by atoms with Gasteiger partial charge in [-0.25, -0.2) is 0 Å². The number of para-hydroxylation sites is 1. The highest BCUT2D eigenvalue weighted by atomic mass is 16.5. The molecule has 0 unspecified atom stereocenters. The number of ether oxygens (including phenoxy) is 1. The van der Waals surface area contributed by atoms with E-state index in [-0.39, 0.29) is 11.3 Å². The van der Waals surface area contributed by atoms with Crippen LogP contribution in [0, 0.1) is 5.41 Å². The summed E-state index contributed by atoms with van der Waals surface area (Å²) in [6.07, 6.45) is 1.67. The fourth-order valence-corrected chi connectivity index (χ4v) is 2.05. The maximum absolute atomic E-state index is 8.73. The molecule has 0 aliphatic rings. The average Bonchev–Trinajstić information content (AvgIpc) is 2.42. The Morgan fingerprint density at radius 3 is 2.60 bits per heavy atom. The molecule has 0 saturated carbocycles. The molecular weight excluding hydrogens is 252 g/mol. The molecule has 1 aromatic carbocycles. The molecule has 20 heavy (non-hydrogen) atoms. The SMILES string of the molecule is CC(C)c1ccccc1OCCCC(C)(C)C(N)=NO. The summed E-state index contributed by atoms with van der Waals surface area (Å²) in [6, 6.07) is 8.12. The smallest absolute Gasteiger partial charge is 0.144 e.